The second-order valence-electron chi connectivity index (χ2n) is 5.21. The first-order valence-electron chi connectivity index (χ1n) is 6.91. The van der Waals surface area contributed by atoms with Gasteiger partial charge in [0.25, 0.3) is 0 Å². The fourth-order valence-corrected chi connectivity index (χ4v) is 2.38. The van der Waals surface area contributed by atoms with Gasteiger partial charge in [0, 0.05) is 25.4 Å². The zero-order chi connectivity index (χ0) is 15.3. The Kier molecular flexibility index (Phi) is 5.83. The maximum Gasteiger partial charge on any atom is 0.389 e. The summed E-state index contributed by atoms with van der Waals surface area (Å²) in [4.78, 5) is 25.3. The van der Waals surface area contributed by atoms with Crippen molar-refractivity contribution in [3.8, 4) is 0 Å². The van der Waals surface area contributed by atoms with E-state index in [2.05, 4.69) is 5.32 Å². The third kappa shape index (κ3) is 5.02. The Balaban J connectivity index is 2.69. The van der Waals surface area contributed by atoms with Gasteiger partial charge in [-0.3, -0.25) is 9.59 Å². The Morgan fingerprint density at radius 1 is 1.35 bits per heavy atom. The van der Waals surface area contributed by atoms with Crippen molar-refractivity contribution in [3.05, 3.63) is 0 Å². The minimum absolute atomic E-state index is 0.0364. The van der Waals surface area contributed by atoms with Gasteiger partial charge < -0.3 is 10.2 Å². The molecule has 0 aromatic heterocycles. The van der Waals surface area contributed by atoms with Crippen LogP contribution in [0.15, 0.2) is 0 Å². The van der Waals surface area contributed by atoms with Crippen molar-refractivity contribution >= 4 is 11.8 Å². The summed E-state index contributed by atoms with van der Waals surface area (Å²) in [6.45, 7) is 3.62. The first-order chi connectivity index (χ1) is 9.24. The lowest BCUT2D eigenvalue weighted by molar-refractivity contribution is -0.142. The van der Waals surface area contributed by atoms with Crippen LogP contribution in [-0.4, -0.2) is 41.5 Å². The van der Waals surface area contributed by atoms with Crippen molar-refractivity contribution in [2.45, 2.75) is 64.2 Å². The number of hydrogen-bond donors (Lipinski definition) is 1. The van der Waals surface area contributed by atoms with Crippen molar-refractivity contribution in [1.29, 1.82) is 0 Å². The molecule has 0 radical (unpaired) electrons. The molecule has 1 rings (SSSR count). The van der Waals surface area contributed by atoms with E-state index < -0.39 is 18.6 Å². The van der Waals surface area contributed by atoms with Gasteiger partial charge in [0.05, 0.1) is 0 Å². The molecule has 2 unspecified atom stereocenters. The highest BCUT2D eigenvalue weighted by atomic mass is 19.4. The van der Waals surface area contributed by atoms with Gasteiger partial charge in [-0.25, -0.2) is 0 Å². The fraction of sp³-hybridized carbons (Fsp3) is 0.846. The predicted molar refractivity (Wildman–Crippen MR) is 67.9 cm³/mol. The lowest BCUT2D eigenvalue weighted by Crippen LogP contribution is -2.46. The van der Waals surface area contributed by atoms with E-state index in [1.54, 1.807) is 6.92 Å². The van der Waals surface area contributed by atoms with Crippen molar-refractivity contribution in [2.24, 2.45) is 0 Å². The van der Waals surface area contributed by atoms with Crippen molar-refractivity contribution in [3.63, 3.8) is 0 Å². The second kappa shape index (κ2) is 6.95. The lowest BCUT2D eigenvalue weighted by atomic mass is 10.1. The van der Waals surface area contributed by atoms with Crippen LogP contribution in [0.3, 0.4) is 0 Å². The van der Waals surface area contributed by atoms with E-state index in [0.29, 0.717) is 6.42 Å². The van der Waals surface area contributed by atoms with Crippen LogP contribution in [0.5, 0.6) is 0 Å². The summed E-state index contributed by atoms with van der Waals surface area (Å²) in [5.41, 5.74) is 0. The maximum absolute atomic E-state index is 12.3. The molecule has 0 aliphatic carbocycles. The van der Waals surface area contributed by atoms with E-state index in [4.69, 9.17) is 0 Å². The van der Waals surface area contributed by atoms with Gasteiger partial charge in [-0.1, -0.05) is 13.3 Å². The van der Waals surface area contributed by atoms with Gasteiger partial charge >= 0.3 is 6.18 Å². The standard InChI is InChI=1S/C13H21F3N2O2/c1-3-5-10-12(20)18(7-4-6-13(14,15)16)9(2)8-11(19)17-10/h9-10H,3-8H2,1-2H3,(H,17,19). The van der Waals surface area contributed by atoms with Crippen LogP contribution >= 0.6 is 0 Å². The van der Waals surface area contributed by atoms with E-state index in [1.165, 1.54) is 4.90 Å². The number of nitrogens with one attached hydrogen (secondary N) is 1. The molecule has 20 heavy (non-hydrogen) atoms. The molecule has 1 aliphatic rings. The molecule has 1 N–H and O–H groups in total. The topological polar surface area (TPSA) is 49.4 Å². The first-order valence-corrected chi connectivity index (χ1v) is 6.91. The minimum atomic E-state index is -4.21. The number of carbonyl (C=O) groups excluding carboxylic acids is 2. The van der Waals surface area contributed by atoms with Gasteiger partial charge in [-0.15, -0.1) is 0 Å². The van der Waals surface area contributed by atoms with Crippen LogP contribution in [0.2, 0.25) is 0 Å². The molecule has 0 aromatic rings. The van der Waals surface area contributed by atoms with Gasteiger partial charge in [0.2, 0.25) is 11.8 Å². The third-order valence-corrected chi connectivity index (χ3v) is 3.37. The summed E-state index contributed by atoms with van der Waals surface area (Å²) in [6, 6.07) is -0.971. The number of alkyl halides is 3. The Labute approximate surface area is 116 Å². The zero-order valence-electron chi connectivity index (χ0n) is 11.8. The number of nitrogens with zero attached hydrogens (tertiary/aromatic N) is 1. The summed E-state index contributed by atoms with van der Waals surface area (Å²) in [5.74, 6) is -0.491. The summed E-state index contributed by atoms with van der Waals surface area (Å²) < 4.78 is 36.5. The summed E-state index contributed by atoms with van der Waals surface area (Å²) in [7, 11) is 0. The molecular formula is C13H21F3N2O2. The molecule has 4 nitrogen and oxygen atoms in total. The van der Waals surface area contributed by atoms with Crippen LogP contribution in [0.25, 0.3) is 0 Å². The summed E-state index contributed by atoms with van der Waals surface area (Å²) >= 11 is 0. The molecule has 0 saturated carbocycles. The lowest BCUT2D eigenvalue weighted by Gasteiger charge is -2.28. The normalized spacial score (nSPS) is 24.6. The van der Waals surface area contributed by atoms with Gasteiger partial charge in [-0.05, 0) is 19.8 Å². The molecule has 116 valence electrons. The Bertz CT molecular complexity index is 358. The maximum atomic E-state index is 12.3. The number of amides is 2. The van der Waals surface area contributed by atoms with E-state index in [0.717, 1.165) is 6.42 Å². The zero-order valence-corrected chi connectivity index (χ0v) is 11.8. The van der Waals surface area contributed by atoms with Crippen molar-refractivity contribution in [1.82, 2.24) is 10.2 Å². The second-order valence-corrected chi connectivity index (χ2v) is 5.21. The smallest absolute Gasteiger partial charge is 0.344 e. The van der Waals surface area contributed by atoms with Crippen LogP contribution < -0.4 is 5.32 Å². The molecule has 1 aliphatic heterocycles. The van der Waals surface area contributed by atoms with Crippen LogP contribution in [0.1, 0.15) is 46.0 Å². The Morgan fingerprint density at radius 2 is 2.00 bits per heavy atom. The van der Waals surface area contributed by atoms with E-state index in [1.807, 2.05) is 6.92 Å². The quantitative estimate of drug-likeness (QED) is 0.845. The highest BCUT2D eigenvalue weighted by molar-refractivity contribution is 5.90. The van der Waals surface area contributed by atoms with Gasteiger partial charge in [0.1, 0.15) is 6.04 Å². The molecule has 1 heterocycles. The Hall–Kier alpha value is -1.27. The minimum Gasteiger partial charge on any atom is -0.344 e. The monoisotopic (exact) mass is 294 g/mol. The fourth-order valence-electron chi connectivity index (χ4n) is 2.38. The van der Waals surface area contributed by atoms with Crippen molar-refractivity contribution in [2.75, 3.05) is 6.54 Å². The first kappa shape index (κ1) is 16.8. The van der Waals surface area contributed by atoms with Crippen LogP contribution in [0, 0.1) is 0 Å². The average molecular weight is 294 g/mol. The number of halogens is 3. The number of rotatable bonds is 5. The molecule has 0 bridgehead atoms. The predicted octanol–water partition coefficient (Wildman–Crippen LogP) is 2.23. The SMILES string of the molecule is CCCC1NC(=O)CC(C)N(CCCC(F)(F)F)C1=O. The molecule has 2 atom stereocenters. The average Bonchev–Trinajstić information content (AvgIpc) is 2.39. The van der Waals surface area contributed by atoms with E-state index in [9.17, 15) is 22.8 Å². The van der Waals surface area contributed by atoms with Gasteiger partial charge in [0.15, 0.2) is 0 Å². The highest BCUT2D eigenvalue weighted by Gasteiger charge is 2.34. The third-order valence-electron chi connectivity index (χ3n) is 3.37. The van der Waals surface area contributed by atoms with E-state index >= 15 is 0 Å². The molecule has 2 amide bonds. The largest absolute Gasteiger partial charge is 0.389 e. The molecule has 0 aromatic carbocycles. The van der Waals surface area contributed by atoms with E-state index in [-0.39, 0.29) is 37.2 Å². The molecule has 7 heteroatoms. The van der Waals surface area contributed by atoms with Crippen LogP contribution in [0.4, 0.5) is 13.2 Å². The van der Waals surface area contributed by atoms with Gasteiger partial charge in [-0.2, -0.15) is 13.2 Å². The molecule has 1 fully saturated rings. The molecule has 0 spiro atoms. The Morgan fingerprint density at radius 3 is 2.55 bits per heavy atom. The highest BCUT2D eigenvalue weighted by Crippen LogP contribution is 2.22. The summed E-state index contributed by atoms with van der Waals surface area (Å²) in [5, 5.41) is 2.64. The molecule has 1 saturated heterocycles. The number of carbonyl (C=O) groups is 2. The van der Waals surface area contributed by atoms with Crippen molar-refractivity contribution < 1.29 is 22.8 Å². The number of hydrogen-bond acceptors (Lipinski definition) is 2. The van der Waals surface area contributed by atoms with Crippen LogP contribution in [-0.2, 0) is 9.59 Å². The summed E-state index contributed by atoms with van der Waals surface area (Å²) in [6.07, 6.45) is -3.89. The molecular weight excluding hydrogens is 273 g/mol.